The second-order valence-electron chi connectivity index (χ2n) is 10.2. The number of anilines is 1. The molecule has 0 bridgehead atoms. The van der Waals surface area contributed by atoms with Gasteiger partial charge in [-0.15, -0.1) is 0 Å². The third kappa shape index (κ3) is 7.00. The van der Waals surface area contributed by atoms with Crippen LogP contribution in [0.4, 0.5) is 15.3 Å². The molecule has 10 nitrogen and oxygen atoms in total. The van der Waals surface area contributed by atoms with E-state index in [1.165, 1.54) is 7.11 Å². The van der Waals surface area contributed by atoms with Gasteiger partial charge in [-0.05, 0) is 57.6 Å². The summed E-state index contributed by atoms with van der Waals surface area (Å²) in [7, 11) is 2.86. The minimum atomic E-state index is -0.871. The van der Waals surface area contributed by atoms with Crippen molar-refractivity contribution in [2.24, 2.45) is 5.41 Å². The van der Waals surface area contributed by atoms with E-state index in [-0.39, 0.29) is 24.1 Å². The van der Waals surface area contributed by atoms with Crippen molar-refractivity contribution in [3.05, 3.63) is 24.3 Å². The molecular weight excluding hydrogens is 452 g/mol. The summed E-state index contributed by atoms with van der Waals surface area (Å²) in [5, 5.41) is 5.70. The molecule has 2 saturated heterocycles. The third-order valence-corrected chi connectivity index (χ3v) is 6.65. The summed E-state index contributed by atoms with van der Waals surface area (Å²) >= 11 is 0. The van der Waals surface area contributed by atoms with Gasteiger partial charge in [-0.3, -0.25) is 0 Å². The maximum Gasteiger partial charge on any atom is 0.330 e. The van der Waals surface area contributed by atoms with Crippen LogP contribution in [0, 0.1) is 5.41 Å². The topological polar surface area (TPSA) is 109 Å². The molecule has 2 heterocycles. The summed E-state index contributed by atoms with van der Waals surface area (Å²) in [5.74, 6) is 0.0795. The van der Waals surface area contributed by atoms with E-state index < -0.39 is 17.6 Å². The summed E-state index contributed by atoms with van der Waals surface area (Å²) in [5.41, 5.74) is 0.168. The van der Waals surface area contributed by atoms with Crippen LogP contribution in [0.3, 0.4) is 0 Å². The van der Waals surface area contributed by atoms with Gasteiger partial charge in [0.05, 0.1) is 32.1 Å². The number of piperidine rings is 1. The van der Waals surface area contributed by atoms with Crippen molar-refractivity contribution in [2.75, 3.05) is 52.3 Å². The van der Waals surface area contributed by atoms with E-state index in [1.807, 2.05) is 39.0 Å². The van der Waals surface area contributed by atoms with Crippen molar-refractivity contribution in [2.45, 2.75) is 51.7 Å². The quantitative estimate of drug-likeness (QED) is 0.593. The minimum Gasteiger partial charge on any atom is -0.495 e. The number of likely N-dealkylation sites (tertiary alicyclic amines) is 2. The predicted octanol–water partition coefficient (Wildman–Crippen LogP) is 3.08. The Morgan fingerprint density at radius 3 is 2.23 bits per heavy atom. The fourth-order valence-corrected chi connectivity index (χ4v) is 4.53. The van der Waals surface area contributed by atoms with Crippen LogP contribution in [0.15, 0.2) is 24.3 Å². The first-order valence-electron chi connectivity index (χ1n) is 12.0. The van der Waals surface area contributed by atoms with E-state index in [1.54, 1.807) is 23.0 Å². The van der Waals surface area contributed by atoms with E-state index in [0.717, 1.165) is 19.3 Å². The number of methoxy groups -OCH3 is 2. The average Bonchev–Trinajstić information content (AvgIpc) is 3.24. The highest BCUT2D eigenvalue weighted by atomic mass is 16.5. The first-order chi connectivity index (χ1) is 16.6. The molecule has 0 aliphatic carbocycles. The maximum atomic E-state index is 12.9. The average molecular weight is 491 g/mol. The number of rotatable bonds is 6. The lowest BCUT2D eigenvalue weighted by Gasteiger charge is -2.39. The fourth-order valence-electron chi connectivity index (χ4n) is 4.53. The van der Waals surface area contributed by atoms with Crippen LogP contribution >= 0.6 is 0 Å². The highest BCUT2D eigenvalue weighted by Gasteiger charge is 2.43. The van der Waals surface area contributed by atoms with Crippen LogP contribution < -0.4 is 15.4 Å². The number of ether oxygens (including phenoxy) is 3. The summed E-state index contributed by atoms with van der Waals surface area (Å²) in [4.78, 5) is 41.4. The zero-order valence-electron chi connectivity index (χ0n) is 21.4. The number of hydrogen-bond donors (Lipinski definition) is 2. The lowest BCUT2D eigenvalue weighted by atomic mass is 9.78. The van der Waals surface area contributed by atoms with Gasteiger partial charge in [0, 0.05) is 26.2 Å². The summed E-state index contributed by atoms with van der Waals surface area (Å²) < 4.78 is 15.8. The zero-order valence-corrected chi connectivity index (χ0v) is 21.4. The number of hydrogen-bond acceptors (Lipinski definition) is 6. The van der Waals surface area contributed by atoms with Gasteiger partial charge in [-0.2, -0.15) is 0 Å². The summed E-state index contributed by atoms with van der Waals surface area (Å²) in [6.07, 6.45) is 2.48. The van der Waals surface area contributed by atoms with E-state index in [0.29, 0.717) is 37.6 Å². The molecule has 2 N–H and O–H groups in total. The molecule has 3 rings (SSSR count). The molecule has 1 atom stereocenters. The molecule has 2 fully saturated rings. The lowest BCUT2D eigenvalue weighted by molar-refractivity contribution is -0.146. The first kappa shape index (κ1) is 26.6. The maximum absolute atomic E-state index is 12.9. The van der Waals surface area contributed by atoms with E-state index >= 15 is 0 Å². The van der Waals surface area contributed by atoms with Gasteiger partial charge in [-0.1, -0.05) is 12.1 Å². The number of benzene rings is 1. The van der Waals surface area contributed by atoms with Crippen molar-refractivity contribution in [3.63, 3.8) is 0 Å². The van der Waals surface area contributed by atoms with Crippen LogP contribution in [-0.2, 0) is 14.3 Å². The largest absolute Gasteiger partial charge is 0.495 e. The Balaban J connectivity index is 1.52. The van der Waals surface area contributed by atoms with Crippen LogP contribution in [0.5, 0.6) is 5.75 Å². The van der Waals surface area contributed by atoms with Crippen LogP contribution in [0.25, 0.3) is 0 Å². The van der Waals surface area contributed by atoms with Crippen molar-refractivity contribution in [1.82, 2.24) is 15.1 Å². The molecule has 1 spiro atoms. The Morgan fingerprint density at radius 1 is 1.00 bits per heavy atom. The number of amides is 4. The molecule has 194 valence electrons. The molecule has 0 radical (unpaired) electrons. The van der Waals surface area contributed by atoms with Gasteiger partial charge in [0.1, 0.15) is 5.75 Å². The fraction of sp³-hybridized carbons (Fsp3) is 0.640. The van der Waals surface area contributed by atoms with E-state index in [9.17, 15) is 14.4 Å². The van der Waals surface area contributed by atoms with Crippen molar-refractivity contribution in [3.8, 4) is 5.75 Å². The molecule has 2 aliphatic heterocycles. The highest BCUT2D eigenvalue weighted by Crippen LogP contribution is 2.40. The van der Waals surface area contributed by atoms with Gasteiger partial charge in [-0.25, -0.2) is 14.4 Å². The molecule has 1 aromatic rings. The van der Waals surface area contributed by atoms with Crippen molar-refractivity contribution >= 4 is 23.7 Å². The Morgan fingerprint density at radius 2 is 1.63 bits per heavy atom. The Bertz CT molecular complexity index is 907. The predicted molar refractivity (Wildman–Crippen MR) is 131 cm³/mol. The van der Waals surface area contributed by atoms with Crippen LogP contribution in [0.2, 0.25) is 0 Å². The Hall–Kier alpha value is -3.01. The molecule has 0 aromatic heterocycles. The molecule has 35 heavy (non-hydrogen) atoms. The van der Waals surface area contributed by atoms with E-state index in [4.69, 9.17) is 14.2 Å². The number of carbonyl (C=O) groups is 3. The smallest absolute Gasteiger partial charge is 0.330 e. The van der Waals surface area contributed by atoms with Crippen molar-refractivity contribution < 1.29 is 28.6 Å². The van der Waals surface area contributed by atoms with Gasteiger partial charge in [0.25, 0.3) is 0 Å². The second-order valence-corrected chi connectivity index (χ2v) is 10.2. The second kappa shape index (κ2) is 11.2. The Labute approximate surface area is 207 Å². The van der Waals surface area contributed by atoms with Crippen molar-refractivity contribution in [1.29, 1.82) is 0 Å². The molecule has 10 heteroatoms. The number of para-hydroxylation sites is 2. The lowest BCUT2D eigenvalue weighted by Crippen LogP contribution is -2.51. The first-order valence-corrected chi connectivity index (χ1v) is 12.0. The normalized spacial score (nSPS) is 18.2. The number of urea groups is 2. The van der Waals surface area contributed by atoms with Crippen LogP contribution in [0.1, 0.15) is 40.0 Å². The number of carbonyl (C=O) groups excluding carboxylic acids is 3. The molecular formula is C25H38N4O6. The van der Waals surface area contributed by atoms with Gasteiger partial charge in [0.2, 0.25) is 0 Å². The SMILES string of the molecule is COC(=O)[C@H](COC(C)(C)C)NC(=O)N1CCC2(CCN(C(=O)Nc3ccccc3OC)CC2)C1. The summed E-state index contributed by atoms with van der Waals surface area (Å²) in [6.45, 7) is 8.11. The highest BCUT2D eigenvalue weighted by molar-refractivity contribution is 5.91. The van der Waals surface area contributed by atoms with E-state index in [2.05, 4.69) is 10.6 Å². The number of esters is 1. The third-order valence-electron chi connectivity index (χ3n) is 6.65. The standard InChI is InChI=1S/C25H38N4O6/c1-24(2,3)35-16-19(21(30)34-5)27-23(32)29-15-12-25(17-29)10-13-28(14-11-25)22(31)26-18-8-6-7-9-20(18)33-4/h6-9,19H,10-17H2,1-5H3,(H,26,31)(H,27,32)/t19-/m0/s1. The molecule has 2 aliphatic rings. The molecule has 4 amide bonds. The van der Waals surface area contributed by atoms with Gasteiger partial charge >= 0.3 is 18.0 Å². The molecule has 0 saturated carbocycles. The van der Waals surface area contributed by atoms with Gasteiger partial charge in [0.15, 0.2) is 6.04 Å². The van der Waals surface area contributed by atoms with Gasteiger partial charge < -0.3 is 34.6 Å². The molecule has 1 aromatic carbocycles. The summed E-state index contributed by atoms with van der Waals surface area (Å²) in [6, 6.07) is 5.99. The Kier molecular flexibility index (Phi) is 8.47. The number of nitrogens with zero attached hydrogens (tertiary/aromatic N) is 2. The number of nitrogens with one attached hydrogen (secondary N) is 2. The minimum absolute atomic E-state index is 0.0266. The zero-order chi connectivity index (χ0) is 25.6. The monoisotopic (exact) mass is 490 g/mol. The van der Waals surface area contributed by atoms with Crippen LogP contribution in [-0.4, -0.2) is 86.5 Å². The molecule has 0 unspecified atom stereocenters.